The molecule has 2 N–H and O–H groups in total. The molecule has 0 bridgehead atoms. The molecule has 4 heterocycles. The third-order valence-corrected chi connectivity index (χ3v) is 4.87. The number of hydrogen-bond acceptors (Lipinski definition) is 6. The van der Waals surface area contributed by atoms with E-state index >= 15 is 0 Å². The number of aryl methyl sites for hydroxylation is 4. The topological polar surface area (TPSA) is 80.5 Å². The first-order chi connectivity index (χ1) is 12.0. The Morgan fingerprint density at radius 2 is 2.04 bits per heavy atom. The zero-order valence-corrected chi connectivity index (χ0v) is 15.1. The van der Waals surface area contributed by atoms with Crippen molar-refractivity contribution in [1.29, 1.82) is 0 Å². The zero-order chi connectivity index (χ0) is 17.6. The molecule has 7 nitrogen and oxygen atoms in total. The van der Waals surface area contributed by atoms with E-state index in [2.05, 4.69) is 37.6 Å². The maximum Gasteiger partial charge on any atom is 0.163 e. The van der Waals surface area contributed by atoms with Crippen LogP contribution in [0.1, 0.15) is 33.9 Å². The van der Waals surface area contributed by atoms with Crippen LogP contribution in [-0.4, -0.2) is 31.3 Å². The molecule has 0 atom stereocenters. The largest absolute Gasteiger partial charge is 0.365 e. The lowest BCUT2D eigenvalue weighted by molar-refractivity contribution is 0.634. The van der Waals surface area contributed by atoms with Gasteiger partial charge in [-0.25, -0.2) is 9.97 Å². The van der Waals surface area contributed by atoms with E-state index in [9.17, 15) is 0 Å². The monoisotopic (exact) mass is 337 g/mol. The molecule has 0 spiro atoms. The van der Waals surface area contributed by atoms with Crippen LogP contribution >= 0.6 is 0 Å². The summed E-state index contributed by atoms with van der Waals surface area (Å²) >= 11 is 0. The summed E-state index contributed by atoms with van der Waals surface area (Å²) in [5, 5.41) is 12.4. The van der Waals surface area contributed by atoms with Gasteiger partial charge in [-0.05, 0) is 50.4 Å². The van der Waals surface area contributed by atoms with Crippen molar-refractivity contribution in [1.82, 2.24) is 30.0 Å². The predicted octanol–water partition coefficient (Wildman–Crippen LogP) is 1.94. The van der Waals surface area contributed by atoms with Gasteiger partial charge in [-0.2, -0.15) is 5.10 Å². The quantitative estimate of drug-likeness (QED) is 0.760. The summed E-state index contributed by atoms with van der Waals surface area (Å²) in [7, 11) is 1.92. The second kappa shape index (κ2) is 6.07. The highest BCUT2D eigenvalue weighted by Gasteiger charge is 2.18. The van der Waals surface area contributed by atoms with Crippen LogP contribution in [0, 0.1) is 20.8 Å². The van der Waals surface area contributed by atoms with Crippen molar-refractivity contribution >= 4 is 16.9 Å². The van der Waals surface area contributed by atoms with Gasteiger partial charge in [-0.3, -0.25) is 9.67 Å². The molecule has 0 radical (unpaired) electrons. The molecule has 3 aromatic rings. The molecule has 0 aromatic carbocycles. The van der Waals surface area contributed by atoms with E-state index in [1.54, 1.807) is 0 Å². The number of fused-ring (bicyclic) bond motifs is 2. The second-order valence-corrected chi connectivity index (χ2v) is 6.63. The van der Waals surface area contributed by atoms with Crippen molar-refractivity contribution < 1.29 is 0 Å². The number of anilines is 1. The first-order valence-corrected chi connectivity index (χ1v) is 8.63. The number of pyridine rings is 1. The molecule has 0 saturated heterocycles. The van der Waals surface area contributed by atoms with Crippen molar-refractivity contribution in [2.24, 2.45) is 7.05 Å². The molecule has 0 unspecified atom stereocenters. The highest BCUT2D eigenvalue weighted by Crippen LogP contribution is 2.26. The lowest BCUT2D eigenvalue weighted by atomic mass is 9.96. The van der Waals surface area contributed by atoms with Gasteiger partial charge in [0.15, 0.2) is 5.65 Å². The Morgan fingerprint density at radius 3 is 2.88 bits per heavy atom. The standard InChI is InChI=1S/C18H23N7/c1-10-15(14-5-6-19-7-13(14)8-20-10)9-21-17-16-11(2)24-25(4)18(16)23-12(3)22-17/h8,19H,5-7,9H2,1-4H3,(H,21,22,23). The van der Waals surface area contributed by atoms with Gasteiger partial charge in [0.2, 0.25) is 0 Å². The normalized spacial score (nSPS) is 13.9. The maximum atomic E-state index is 4.62. The number of nitrogens with zero attached hydrogens (tertiary/aromatic N) is 5. The molecule has 25 heavy (non-hydrogen) atoms. The summed E-state index contributed by atoms with van der Waals surface area (Å²) in [5.41, 5.74) is 6.89. The summed E-state index contributed by atoms with van der Waals surface area (Å²) in [4.78, 5) is 13.7. The molecule has 1 aliphatic rings. The molecule has 0 aliphatic carbocycles. The van der Waals surface area contributed by atoms with E-state index < -0.39 is 0 Å². The van der Waals surface area contributed by atoms with Crippen LogP contribution in [0.3, 0.4) is 0 Å². The Bertz CT molecular complexity index is 958. The smallest absolute Gasteiger partial charge is 0.163 e. The Balaban J connectivity index is 1.72. The van der Waals surface area contributed by atoms with Crippen LogP contribution < -0.4 is 10.6 Å². The lowest BCUT2D eigenvalue weighted by Crippen LogP contribution is -2.26. The molecule has 0 saturated carbocycles. The van der Waals surface area contributed by atoms with Crippen LogP contribution in [0.25, 0.3) is 11.0 Å². The first kappa shape index (κ1) is 16.0. The van der Waals surface area contributed by atoms with Crippen molar-refractivity contribution in [3.63, 3.8) is 0 Å². The van der Waals surface area contributed by atoms with Crippen molar-refractivity contribution in [3.05, 3.63) is 40.1 Å². The van der Waals surface area contributed by atoms with Gasteiger partial charge in [-0.1, -0.05) is 0 Å². The molecule has 1 aliphatic heterocycles. The number of nitrogens with one attached hydrogen (secondary N) is 2. The van der Waals surface area contributed by atoms with Crippen LogP contribution in [0.5, 0.6) is 0 Å². The minimum absolute atomic E-state index is 0.710. The minimum Gasteiger partial charge on any atom is -0.365 e. The van der Waals surface area contributed by atoms with E-state index in [1.165, 1.54) is 16.7 Å². The summed E-state index contributed by atoms with van der Waals surface area (Å²) in [6.07, 6.45) is 3.04. The van der Waals surface area contributed by atoms with E-state index in [4.69, 9.17) is 0 Å². The van der Waals surface area contributed by atoms with Gasteiger partial charge in [0.1, 0.15) is 11.6 Å². The van der Waals surface area contributed by atoms with Crippen LogP contribution in [0.2, 0.25) is 0 Å². The third kappa shape index (κ3) is 2.74. The molecular formula is C18H23N7. The summed E-state index contributed by atoms with van der Waals surface area (Å²) in [6, 6.07) is 0. The molecule has 7 heteroatoms. The van der Waals surface area contributed by atoms with Crippen LogP contribution in [0.4, 0.5) is 5.82 Å². The minimum atomic E-state index is 0.710. The van der Waals surface area contributed by atoms with Gasteiger partial charge in [-0.15, -0.1) is 0 Å². The SMILES string of the molecule is Cc1nc(NCc2c(C)ncc3c2CCNC3)c2c(C)nn(C)c2n1. The second-order valence-electron chi connectivity index (χ2n) is 6.63. The summed E-state index contributed by atoms with van der Waals surface area (Å²) in [5.74, 6) is 1.59. The molecule has 0 amide bonds. The predicted molar refractivity (Wildman–Crippen MR) is 97.5 cm³/mol. The highest BCUT2D eigenvalue weighted by atomic mass is 15.3. The van der Waals surface area contributed by atoms with Gasteiger partial charge in [0.25, 0.3) is 0 Å². The summed E-state index contributed by atoms with van der Waals surface area (Å²) < 4.78 is 1.81. The molecule has 3 aromatic heterocycles. The maximum absolute atomic E-state index is 4.62. The van der Waals surface area contributed by atoms with E-state index in [1.807, 2.05) is 31.8 Å². The van der Waals surface area contributed by atoms with E-state index in [-0.39, 0.29) is 0 Å². The Hall–Kier alpha value is -2.54. The lowest BCUT2D eigenvalue weighted by Gasteiger charge is -2.22. The number of hydrogen-bond donors (Lipinski definition) is 2. The molecule has 130 valence electrons. The molecular weight excluding hydrogens is 314 g/mol. The highest BCUT2D eigenvalue weighted by molar-refractivity contribution is 5.89. The zero-order valence-electron chi connectivity index (χ0n) is 15.1. The van der Waals surface area contributed by atoms with E-state index in [0.29, 0.717) is 6.54 Å². The van der Waals surface area contributed by atoms with Crippen molar-refractivity contribution in [2.45, 2.75) is 40.3 Å². The Kier molecular flexibility index (Phi) is 3.88. The molecule has 4 rings (SSSR count). The van der Waals surface area contributed by atoms with Gasteiger partial charge in [0, 0.05) is 32.0 Å². The van der Waals surface area contributed by atoms with E-state index in [0.717, 1.165) is 53.6 Å². The van der Waals surface area contributed by atoms with Crippen LogP contribution in [-0.2, 0) is 26.6 Å². The Morgan fingerprint density at radius 1 is 1.20 bits per heavy atom. The first-order valence-electron chi connectivity index (χ1n) is 8.63. The van der Waals surface area contributed by atoms with Crippen LogP contribution in [0.15, 0.2) is 6.20 Å². The Labute approximate surface area is 146 Å². The molecule has 0 fully saturated rings. The fourth-order valence-corrected chi connectivity index (χ4v) is 3.63. The third-order valence-electron chi connectivity index (χ3n) is 4.87. The number of aromatic nitrogens is 5. The van der Waals surface area contributed by atoms with Gasteiger partial charge < -0.3 is 10.6 Å². The van der Waals surface area contributed by atoms with Gasteiger partial charge in [0.05, 0.1) is 11.1 Å². The average Bonchev–Trinajstić information content (AvgIpc) is 2.88. The van der Waals surface area contributed by atoms with Gasteiger partial charge >= 0.3 is 0 Å². The average molecular weight is 337 g/mol. The number of rotatable bonds is 3. The van der Waals surface area contributed by atoms with Crippen molar-refractivity contribution in [3.8, 4) is 0 Å². The summed E-state index contributed by atoms with van der Waals surface area (Å²) in [6.45, 7) is 8.61. The fraction of sp³-hybridized carbons (Fsp3) is 0.444. The van der Waals surface area contributed by atoms with Crippen molar-refractivity contribution in [2.75, 3.05) is 11.9 Å². The fourth-order valence-electron chi connectivity index (χ4n) is 3.63.